The van der Waals surface area contributed by atoms with Gasteiger partial charge in [0.1, 0.15) is 16.4 Å². The second kappa shape index (κ2) is 4.50. The lowest BCUT2D eigenvalue weighted by Crippen LogP contribution is -2.42. The molecular weight excluding hydrogens is 271 g/mol. The van der Waals surface area contributed by atoms with Crippen molar-refractivity contribution < 1.29 is 5.11 Å². The second-order valence-electron chi connectivity index (χ2n) is 4.40. The van der Waals surface area contributed by atoms with Crippen molar-refractivity contribution in [1.82, 2.24) is 10.4 Å². The molecule has 0 unspecified atom stereocenters. The number of aliphatic hydroxyl groups is 1. The molecule has 1 aromatic carbocycles. The van der Waals surface area contributed by atoms with E-state index in [-0.39, 0.29) is 6.04 Å². The van der Waals surface area contributed by atoms with Gasteiger partial charge in [0.05, 0.1) is 6.10 Å². The van der Waals surface area contributed by atoms with Crippen molar-refractivity contribution in [2.75, 3.05) is 0 Å². The molecule has 0 radical (unpaired) electrons. The van der Waals surface area contributed by atoms with Crippen molar-refractivity contribution in [1.29, 1.82) is 0 Å². The van der Waals surface area contributed by atoms with Crippen molar-refractivity contribution in [2.24, 2.45) is 0 Å². The molecule has 0 amide bonds. The quantitative estimate of drug-likeness (QED) is 0.778. The average molecular weight is 283 g/mol. The lowest BCUT2D eigenvalue weighted by atomic mass is 10.1. The summed E-state index contributed by atoms with van der Waals surface area (Å²) >= 11 is 12.1. The number of rotatable bonds is 1. The maximum atomic E-state index is 10.2. The predicted molar refractivity (Wildman–Crippen MR) is 71.7 cm³/mol. The van der Waals surface area contributed by atoms with Crippen LogP contribution in [0.25, 0.3) is 0 Å². The van der Waals surface area contributed by atoms with Crippen molar-refractivity contribution in [2.45, 2.75) is 18.6 Å². The van der Waals surface area contributed by atoms with E-state index in [1.807, 2.05) is 24.3 Å². The Balaban J connectivity index is 1.98. The van der Waals surface area contributed by atoms with Crippen LogP contribution in [-0.4, -0.2) is 16.2 Å². The fraction of sp³-hybridized carbons (Fsp3) is 0.231. The van der Waals surface area contributed by atoms with Crippen LogP contribution in [0.3, 0.4) is 0 Å². The van der Waals surface area contributed by atoms with E-state index in [0.717, 1.165) is 11.1 Å². The maximum absolute atomic E-state index is 10.2. The molecule has 0 bridgehead atoms. The molecule has 94 valence electrons. The van der Waals surface area contributed by atoms with Gasteiger partial charge >= 0.3 is 0 Å². The molecule has 18 heavy (non-hydrogen) atoms. The van der Waals surface area contributed by atoms with Gasteiger partial charge in [-0.2, -0.15) is 0 Å². The lowest BCUT2D eigenvalue weighted by Gasteiger charge is -2.35. The smallest absolute Gasteiger partial charge is 0.124 e. The van der Waals surface area contributed by atoms with Gasteiger partial charge in [-0.1, -0.05) is 47.5 Å². The Labute approximate surface area is 115 Å². The molecule has 2 atom stereocenters. The van der Waals surface area contributed by atoms with Crippen LogP contribution in [0.2, 0.25) is 0 Å². The van der Waals surface area contributed by atoms with E-state index in [1.54, 1.807) is 17.2 Å². The predicted octanol–water partition coefficient (Wildman–Crippen LogP) is 2.63. The van der Waals surface area contributed by atoms with Gasteiger partial charge in [-0.3, -0.25) is 10.4 Å². The van der Waals surface area contributed by atoms with Gasteiger partial charge in [0.15, 0.2) is 0 Å². The summed E-state index contributed by atoms with van der Waals surface area (Å²) in [4.78, 5) is 0. The number of nitrogens with zero attached hydrogens (tertiary/aromatic N) is 1. The number of hydrogen-bond donors (Lipinski definition) is 2. The first-order chi connectivity index (χ1) is 8.66. The number of hydrazine groups is 1. The number of fused-ring (bicyclic) bond motifs is 1. The summed E-state index contributed by atoms with van der Waals surface area (Å²) in [6, 6.07) is 7.75. The normalized spacial score (nSPS) is 26.3. The zero-order valence-electron chi connectivity index (χ0n) is 9.48. The topological polar surface area (TPSA) is 35.5 Å². The monoisotopic (exact) mass is 282 g/mol. The number of nitrogens with one attached hydrogen (secondary N) is 1. The van der Waals surface area contributed by atoms with Crippen molar-refractivity contribution in [3.8, 4) is 0 Å². The van der Waals surface area contributed by atoms with Crippen LogP contribution >= 0.6 is 23.2 Å². The van der Waals surface area contributed by atoms with E-state index >= 15 is 0 Å². The molecule has 1 aromatic rings. The Kier molecular flexibility index (Phi) is 2.98. The van der Waals surface area contributed by atoms with Crippen LogP contribution in [0.1, 0.15) is 17.2 Å². The first-order valence-electron chi connectivity index (χ1n) is 5.71. The average Bonchev–Trinajstić information content (AvgIpc) is 2.68. The molecule has 0 aromatic heterocycles. The van der Waals surface area contributed by atoms with Crippen molar-refractivity contribution in [3.63, 3.8) is 0 Å². The summed E-state index contributed by atoms with van der Waals surface area (Å²) in [5.74, 6) is 0. The van der Waals surface area contributed by atoms with Gasteiger partial charge in [-0.15, -0.1) is 0 Å². The van der Waals surface area contributed by atoms with E-state index in [9.17, 15) is 5.11 Å². The van der Waals surface area contributed by atoms with Crippen LogP contribution in [0.15, 0.2) is 46.7 Å². The molecule has 5 heteroatoms. The zero-order valence-corrected chi connectivity index (χ0v) is 11.0. The van der Waals surface area contributed by atoms with Gasteiger partial charge < -0.3 is 5.11 Å². The molecule has 0 fully saturated rings. The first kappa shape index (κ1) is 11.9. The third kappa shape index (κ3) is 1.88. The molecule has 1 heterocycles. The molecule has 0 saturated heterocycles. The number of halogens is 2. The summed E-state index contributed by atoms with van der Waals surface area (Å²) in [6.07, 6.45) is 3.53. The SMILES string of the molecule is O[C@H]1Cc2ccccc2[C@H]1N1NC(Cl)=CC=C1Cl. The minimum absolute atomic E-state index is 0.215. The molecule has 2 N–H and O–H groups in total. The highest BCUT2D eigenvalue weighted by atomic mass is 35.5. The molecular formula is C13H12Cl2N2O. The number of aliphatic hydroxyl groups excluding tert-OH is 1. The summed E-state index contributed by atoms with van der Waals surface area (Å²) in [5.41, 5.74) is 5.20. The second-order valence-corrected chi connectivity index (χ2v) is 5.20. The fourth-order valence-corrected chi connectivity index (χ4v) is 2.86. The third-order valence-corrected chi connectivity index (χ3v) is 3.79. The van der Waals surface area contributed by atoms with E-state index in [1.165, 1.54) is 0 Å². The zero-order chi connectivity index (χ0) is 12.7. The summed E-state index contributed by atoms with van der Waals surface area (Å²) in [5, 5.41) is 12.9. The summed E-state index contributed by atoms with van der Waals surface area (Å²) < 4.78 is 0. The Bertz CT molecular complexity index is 542. The first-order valence-corrected chi connectivity index (χ1v) is 6.47. The van der Waals surface area contributed by atoms with Gasteiger partial charge in [-0.25, -0.2) is 0 Å². The third-order valence-electron chi connectivity index (χ3n) is 3.27. The minimum atomic E-state index is -0.500. The van der Waals surface area contributed by atoms with Gasteiger partial charge in [-0.05, 0) is 23.3 Å². The molecule has 3 rings (SSSR count). The van der Waals surface area contributed by atoms with Crippen molar-refractivity contribution in [3.05, 3.63) is 57.9 Å². The fourth-order valence-electron chi connectivity index (χ4n) is 2.49. The van der Waals surface area contributed by atoms with Crippen molar-refractivity contribution >= 4 is 23.2 Å². The summed E-state index contributed by atoms with van der Waals surface area (Å²) in [7, 11) is 0. The Morgan fingerprint density at radius 3 is 2.83 bits per heavy atom. The highest BCUT2D eigenvalue weighted by Gasteiger charge is 2.37. The highest BCUT2D eigenvalue weighted by molar-refractivity contribution is 6.31. The van der Waals surface area contributed by atoms with Crippen LogP contribution in [0, 0.1) is 0 Å². The molecule has 0 saturated carbocycles. The minimum Gasteiger partial charge on any atom is -0.390 e. The van der Waals surface area contributed by atoms with Crippen LogP contribution in [-0.2, 0) is 6.42 Å². The van der Waals surface area contributed by atoms with E-state index in [4.69, 9.17) is 23.2 Å². The number of benzene rings is 1. The lowest BCUT2D eigenvalue weighted by molar-refractivity contribution is 0.0657. The molecule has 3 nitrogen and oxygen atoms in total. The maximum Gasteiger partial charge on any atom is 0.124 e. The van der Waals surface area contributed by atoms with E-state index < -0.39 is 6.10 Å². The summed E-state index contributed by atoms with van der Waals surface area (Å²) in [6.45, 7) is 0. The van der Waals surface area contributed by atoms with Gasteiger partial charge in [0.2, 0.25) is 0 Å². The largest absolute Gasteiger partial charge is 0.390 e. The molecule has 0 spiro atoms. The van der Waals surface area contributed by atoms with Gasteiger partial charge in [0.25, 0.3) is 0 Å². The molecule has 1 aliphatic heterocycles. The number of allylic oxidation sites excluding steroid dienone is 2. The molecule has 2 aliphatic rings. The van der Waals surface area contributed by atoms with Crippen LogP contribution < -0.4 is 5.43 Å². The van der Waals surface area contributed by atoms with E-state index in [2.05, 4.69) is 5.43 Å². The van der Waals surface area contributed by atoms with Crippen LogP contribution in [0.4, 0.5) is 0 Å². The van der Waals surface area contributed by atoms with Gasteiger partial charge in [0, 0.05) is 6.42 Å². The Morgan fingerprint density at radius 1 is 1.22 bits per heavy atom. The van der Waals surface area contributed by atoms with E-state index in [0.29, 0.717) is 16.7 Å². The Morgan fingerprint density at radius 2 is 2.00 bits per heavy atom. The molecule has 1 aliphatic carbocycles. The highest BCUT2D eigenvalue weighted by Crippen LogP contribution is 2.38. The Hall–Kier alpha value is -1.16. The van der Waals surface area contributed by atoms with Crippen LogP contribution in [0.5, 0.6) is 0 Å². The number of hydrogen-bond acceptors (Lipinski definition) is 3. The standard InChI is InChI=1S/C13H12Cl2N2O/c14-11-5-6-12(15)17(16-11)13-9-4-2-1-3-8(9)7-10(13)18/h1-6,10,13,16,18H,7H2/t10-,13+/m0/s1.